The van der Waals surface area contributed by atoms with Crippen LogP contribution >= 0.6 is 0 Å². The fourth-order valence-corrected chi connectivity index (χ4v) is 2.67. The first-order chi connectivity index (χ1) is 9.95. The molecule has 2 aliphatic rings. The van der Waals surface area contributed by atoms with E-state index in [1.54, 1.807) is 0 Å². The smallest absolute Gasteiger partial charge is 0.239 e. The summed E-state index contributed by atoms with van der Waals surface area (Å²) in [5, 5.41) is 2.99. The summed E-state index contributed by atoms with van der Waals surface area (Å²) < 4.78 is 0. The number of hydrogen-bond donors (Lipinski definition) is 2. The number of carbonyl (C=O) groups excluding carboxylic acids is 2. The van der Waals surface area contributed by atoms with Gasteiger partial charge in [-0.1, -0.05) is 13.8 Å². The van der Waals surface area contributed by atoms with E-state index >= 15 is 0 Å². The minimum atomic E-state index is -0.394. The molecular weight excluding hydrogens is 268 g/mol. The van der Waals surface area contributed by atoms with Crippen LogP contribution in [0.15, 0.2) is 0 Å². The van der Waals surface area contributed by atoms with E-state index in [0.717, 1.165) is 32.4 Å². The molecule has 0 aromatic heterocycles. The van der Waals surface area contributed by atoms with Crippen molar-refractivity contribution in [1.82, 2.24) is 15.1 Å². The van der Waals surface area contributed by atoms with Gasteiger partial charge in [-0.05, 0) is 25.2 Å². The SMILES string of the molecule is CC(C)C[C@H](N)C(=O)N1CCN(CC(=O)NC2CC2)CC1. The third kappa shape index (κ3) is 5.28. The Kier molecular flexibility index (Phi) is 5.58. The second kappa shape index (κ2) is 7.22. The van der Waals surface area contributed by atoms with Crippen LogP contribution in [-0.2, 0) is 9.59 Å². The Morgan fingerprint density at radius 3 is 2.33 bits per heavy atom. The second-order valence-corrected chi connectivity index (χ2v) is 6.68. The summed E-state index contributed by atoms with van der Waals surface area (Å²) >= 11 is 0. The van der Waals surface area contributed by atoms with Gasteiger partial charge in [-0.15, -0.1) is 0 Å². The van der Waals surface area contributed by atoms with E-state index in [1.165, 1.54) is 0 Å². The van der Waals surface area contributed by atoms with Crippen LogP contribution in [0, 0.1) is 5.92 Å². The summed E-state index contributed by atoms with van der Waals surface area (Å²) in [6.07, 6.45) is 2.95. The molecule has 1 saturated carbocycles. The van der Waals surface area contributed by atoms with Crippen molar-refractivity contribution in [3.8, 4) is 0 Å². The maximum atomic E-state index is 12.2. The van der Waals surface area contributed by atoms with Crippen LogP contribution in [0.25, 0.3) is 0 Å². The van der Waals surface area contributed by atoms with Gasteiger partial charge >= 0.3 is 0 Å². The number of nitrogens with two attached hydrogens (primary N) is 1. The predicted octanol–water partition coefficient (Wildman–Crippen LogP) is -0.217. The largest absolute Gasteiger partial charge is 0.352 e. The highest BCUT2D eigenvalue weighted by Crippen LogP contribution is 2.18. The van der Waals surface area contributed by atoms with Gasteiger partial charge in [-0.25, -0.2) is 0 Å². The zero-order valence-corrected chi connectivity index (χ0v) is 13.2. The van der Waals surface area contributed by atoms with Gasteiger partial charge in [0.1, 0.15) is 0 Å². The molecule has 21 heavy (non-hydrogen) atoms. The van der Waals surface area contributed by atoms with Crippen molar-refractivity contribution < 1.29 is 9.59 Å². The lowest BCUT2D eigenvalue weighted by molar-refractivity contribution is -0.135. The molecule has 2 fully saturated rings. The van der Waals surface area contributed by atoms with Crippen LogP contribution in [0.1, 0.15) is 33.1 Å². The van der Waals surface area contributed by atoms with Crippen molar-refractivity contribution in [2.24, 2.45) is 11.7 Å². The molecular formula is C15H28N4O2. The molecule has 0 radical (unpaired) electrons. The van der Waals surface area contributed by atoms with Gasteiger partial charge in [-0.3, -0.25) is 14.5 Å². The number of nitrogens with zero attached hydrogens (tertiary/aromatic N) is 2. The predicted molar refractivity (Wildman–Crippen MR) is 81.6 cm³/mol. The average molecular weight is 296 g/mol. The summed E-state index contributed by atoms with van der Waals surface area (Å²) in [5.41, 5.74) is 5.96. The highest BCUT2D eigenvalue weighted by atomic mass is 16.2. The van der Waals surface area contributed by atoms with Crippen molar-refractivity contribution in [2.75, 3.05) is 32.7 Å². The average Bonchev–Trinajstić information content (AvgIpc) is 3.21. The summed E-state index contributed by atoms with van der Waals surface area (Å²) in [6, 6.07) is 0.0177. The van der Waals surface area contributed by atoms with Crippen LogP contribution in [0.4, 0.5) is 0 Å². The quantitative estimate of drug-likeness (QED) is 0.710. The van der Waals surface area contributed by atoms with E-state index < -0.39 is 6.04 Å². The summed E-state index contributed by atoms with van der Waals surface area (Å²) in [5.74, 6) is 0.580. The summed E-state index contributed by atoms with van der Waals surface area (Å²) in [7, 11) is 0. The Morgan fingerprint density at radius 2 is 1.81 bits per heavy atom. The third-order valence-corrected chi connectivity index (χ3v) is 4.04. The zero-order valence-electron chi connectivity index (χ0n) is 13.2. The van der Waals surface area contributed by atoms with Crippen molar-refractivity contribution in [3.05, 3.63) is 0 Å². The molecule has 0 unspecified atom stereocenters. The van der Waals surface area contributed by atoms with Gasteiger partial charge in [0.15, 0.2) is 0 Å². The molecule has 0 spiro atoms. The maximum Gasteiger partial charge on any atom is 0.239 e. The number of piperazine rings is 1. The molecule has 1 aliphatic heterocycles. The number of rotatable bonds is 6. The lowest BCUT2D eigenvalue weighted by Crippen LogP contribution is -2.54. The third-order valence-electron chi connectivity index (χ3n) is 4.04. The Morgan fingerprint density at radius 1 is 1.19 bits per heavy atom. The van der Waals surface area contributed by atoms with Gasteiger partial charge in [0.25, 0.3) is 0 Å². The minimum absolute atomic E-state index is 0.0470. The van der Waals surface area contributed by atoms with Crippen molar-refractivity contribution >= 4 is 11.8 Å². The Balaban J connectivity index is 1.69. The zero-order chi connectivity index (χ0) is 15.4. The van der Waals surface area contributed by atoms with E-state index in [1.807, 2.05) is 4.90 Å². The lowest BCUT2D eigenvalue weighted by Gasteiger charge is -2.35. The molecule has 3 N–H and O–H groups in total. The topological polar surface area (TPSA) is 78.7 Å². The molecule has 6 heteroatoms. The van der Waals surface area contributed by atoms with Crippen LogP contribution in [-0.4, -0.2) is 66.4 Å². The molecule has 0 aromatic carbocycles. The van der Waals surface area contributed by atoms with Crippen molar-refractivity contribution in [2.45, 2.75) is 45.2 Å². The molecule has 2 rings (SSSR count). The number of amides is 2. The molecule has 120 valence electrons. The summed E-state index contributed by atoms with van der Waals surface area (Å²) in [4.78, 5) is 27.9. The van der Waals surface area contributed by atoms with Crippen LogP contribution in [0.3, 0.4) is 0 Å². The maximum absolute atomic E-state index is 12.2. The normalized spacial score (nSPS) is 21.4. The molecule has 0 aromatic rings. The first-order valence-electron chi connectivity index (χ1n) is 8.01. The van der Waals surface area contributed by atoms with E-state index in [-0.39, 0.29) is 11.8 Å². The fourth-order valence-electron chi connectivity index (χ4n) is 2.67. The van der Waals surface area contributed by atoms with Crippen LogP contribution < -0.4 is 11.1 Å². The molecule has 0 bridgehead atoms. The first kappa shape index (κ1) is 16.2. The molecule has 1 saturated heterocycles. The molecule has 1 aliphatic carbocycles. The van der Waals surface area contributed by atoms with Gasteiger partial charge in [0.2, 0.25) is 11.8 Å². The van der Waals surface area contributed by atoms with E-state index in [9.17, 15) is 9.59 Å². The molecule has 2 amide bonds. The standard InChI is InChI=1S/C15H28N4O2/c1-11(2)9-13(16)15(21)19-7-5-18(6-8-19)10-14(20)17-12-3-4-12/h11-13H,3-10,16H2,1-2H3,(H,17,20)/t13-/m0/s1. The minimum Gasteiger partial charge on any atom is -0.352 e. The van der Waals surface area contributed by atoms with E-state index in [0.29, 0.717) is 31.6 Å². The Labute approximate surface area is 127 Å². The van der Waals surface area contributed by atoms with Crippen LogP contribution in [0.2, 0.25) is 0 Å². The summed E-state index contributed by atoms with van der Waals surface area (Å²) in [6.45, 7) is 7.42. The van der Waals surface area contributed by atoms with Crippen LogP contribution in [0.5, 0.6) is 0 Å². The fraction of sp³-hybridized carbons (Fsp3) is 0.867. The number of carbonyl (C=O) groups is 2. The monoisotopic (exact) mass is 296 g/mol. The van der Waals surface area contributed by atoms with Crippen molar-refractivity contribution in [3.63, 3.8) is 0 Å². The number of nitrogens with one attached hydrogen (secondary N) is 1. The molecule has 1 atom stereocenters. The van der Waals surface area contributed by atoms with E-state index in [4.69, 9.17) is 5.73 Å². The van der Waals surface area contributed by atoms with Gasteiger partial charge in [0, 0.05) is 32.2 Å². The highest BCUT2D eigenvalue weighted by Gasteiger charge is 2.28. The van der Waals surface area contributed by atoms with E-state index in [2.05, 4.69) is 24.1 Å². The Hall–Kier alpha value is -1.14. The molecule has 1 heterocycles. The first-order valence-corrected chi connectivity index (χ1v) is 8.01. The van der Waals surface area contributed by atoms with Crippen molar-refractivity contribution in [1.29, 1.82) is 0 Å². The lowest BCUT2D eigenvalue weighted by atomic mass is 10.0. The highest BCUT2D eigenvalue weighted by molar-refractivity contribution is 5.82. The van der Waals surface area contributed by atoms with Gasteiger partial charge in [0.05, 0.1) is 12.6 Å². The van der Waals surface area contributed by atoms with Gasteiger partial charge in [-0.2, -0.15) is 0 Å². The number of hydrogen-bond acceptors (Lipinski definition) is 4. The molecule has 6 nitrogen and oxygen atoms in total. The second-order valence-electron chi connectivity index (χ2n) is 6.68. The van der Waals surface area contributed by atoms with Gasteiger partial charge < -0.3 is 16.0 Å². The Bertz CT molecular complexity index is 374.